The fraction of sp³-hybridized carbons (Fsp3) is 0.474. The molecule has 2 aromatic rings. The van der Waals surface area contributed by atoms with Crippen LogP contribution in [0, 0.1) is 34.5 Å². The van der Waals surface area contributed by atoms with Gasteiger partial charge in [-0.15, -0.1) is 0 Å². The van der Waals surface area contributed by atoms with Gasteiger partial charge in [-0.05, 0) is 24.8 Å². The second-order valence-corrected chi connectivity index (χ2v) is 9.00. The number of nitriles is 1. The van der Waals surface area contributed by atoms with E-state index < -0.39 is 16.2 Å². The number of aromatic nitrogens is 3. The van der Waals surface area contributed by atoms with E-state index in [9.17, 15) is 13.7 Å². The van der Waals surface area contributed by atoms with E-state index in [1.165, 1.54) is 0 Å². The van der Waals surface area contributed by atoms with Crippen molar-refractivity contribution in [2.45, 2.75) is 12.8 Å². The summed E-state index contributed by atoms with van der Waals surface area (Å²) in [7, 11) is -0.661. The van der Waals surface area contributed by atoms with Gasteiger partial charge >= 0.3 is 0 Å². The maximum atomic E-state index is 11.9. The minimum atomic E-state index is -2.49. The van der Waals surface area contributed by atoms with Crippen LogP contribution in [0.25, 0.3) is 16.7 Å². The van der Waals surface area contributed by atoms with Gasteiger partial charge in [-0.25, -0.2) is 4.98 Å². The number of aryl methyl sites for hydroxylation is 1. The zero-order chi connectivity index (χ0) is 19.5. The average Bonchev–Trinajstić information content (AvgIpc) is 2.97. The quantitative estimate of drug-likeness (QED) is 0.756. The molecule has 2 fully saturated rings. The number of hydrogen-bond donors (Lipinski definition) is 1. The highest BCUT2D eigenvalue weighted by molar-refractivity contribution is 7.73. The van der Waals surface area contributed by atoms with Gasteiger partial charge in [0, 0.05) is 47.4 Å². The molecule has 1 saturated heterocycles. The first-order valence-electron chi connectivity index (χ1n) is 9.20. The molecule has 9 heteroatoms. The van der Waals surface area contributed by atoms with Crippen LogP contribution >= 0.6 is 0 Å². The van der Waals surface area contributed by atoms with E-state index >= 15 is 0 Å². The Morgan fingerprint density at radius 1 is 1.39 bits per heavy atom. The predicted molar refractivity (Wildman–Crippen MR) is 102 cm³/mol. The van der Waals surface area contributed by atoms with Crippen LogP contribution < -0.4 is 5.32 Å². The first-order valence-corrected chi connectivity index (χ1v) is 10.3. The molecule has 4 heterocycles. The smallest absolute Gasteiger partial charge is 0.235 e. The average molecular weight is 397 g/mol. The summed E-state index contributed by atoms with van der Waals surface area (Å²) in [6.45, 7) is 1.54. The third-order valence-corrected chi connectivity index (χ3v) is 6.85. The summed E-state index contributed by atoms with van der Waals surface area (Å²) in [5.74, 6) is -0.565. The van der Waals surface area contributed by atoms with E-state index in [4.69, 9.17) is 4.74 Å². The summed E-state index contributed by atoms with van der Waals surface area (Å²) in [6.07, 6.45) is 7.51. The Morgan fingerprint density at radius 3 is 2.82 bits per heavy atom. The normalized spacial score (nSPS) is 26.1. The summed E-state index contributed by atoms with van der Waals surface area (Å²) < 4.78 is 30.8. The van der Waals surface area contributed by atoms with Gasteiger partial charge in [0.15, 0.2) is 10.6 Å². The lowest BCUT2D eigenvalue weighted by atomic mass is 9.55. The summed E-state index contributed by atoms with van der Waals surface area (Å²) in [6, 6.07) is 4.14. The molecule has 0 bridgehead atoms. The first-order chi connectivity index (χ1) is 13.5. The standard InChI is InChI=1S/C19H19N5O3S/c1-24-8-12-2-11(7-21-17(12)23-24)16-3-14(13-4-19(5-13)9-27-10-19)15(6-20)18(22-16)28(25)26/h2-3,7-8,13-15,22H,4-5,9-10H2,1H3. The molecule has 28 heavy (non-hydrogen) atoms. The van der Waals surface area contributed by atoms with Crippen molar-refractivity contribution >= 4 is 32.0 Å². The van der Waals surface area contributed by atoms with Crippen molar-refractivity contribution in [2.75, 3.05) is 13.2 Å². The van der Waals surface area contributed by atoms with Gasteiger partial charge in [-0.2, -0.15) is 18.8 Å². The molecule has 1 N–H and O–H groups in total. The van der Waals surface area contributed by atoms with Crippen LogP contribution in [0.15, 0.2) is 24.5 Å². The van der Waals surface area contributed by atoms with E-state index in [1.807, 2.05) is 25.4 Å². The molecule has 0 radical (unpaired) electrons. The molecule has 2 atom stereocenters. The lowest BCUT2D eigenvalue weighted by Gasteiger charge is -2.56. The van der Waals surface area contributed by atoms with E-state index in [0.717, 1.165) is 37.0 Å². The summed E-state index contributed by atoms with van der Waals surface area (Å²) in [5, 5.41) is 17.8. The van der Waals surface area contributed by atoms with Crippen molar-refractivity contribution in [3.05, 3.63) is 30.1 Å². The highest BCUT2D eigenvalue weighted by Crippen LogP contribution is 2.55. The highest BCUT2D eigenvalue weighted by Gasteiger charge is 2.53. The topological polar surface area (TPSA) is 110 Å². The zero-order valence-corrected chi connectivity index (χ0v) is 16.1. The molecule has 0 amide bonds. The number of pyridine rings is 1. The molecular formula is C19H19N5O3S. The Hall–Kier alpha value is -2.70. The van der Waals surface area contributed by atoms with Crippen molar-refractivity contribution in [1.29, 1.82) is 5.26 Å². The van der Waals surface area contributed by atoms with E-state index in [2.05, 4.69) is 21.5 Å². The third kappa shape index (κ3) is 2.64. The summed E-state index contributed by atoms with van der Waals surface area (Å²) >= 11 is 0. The van der Waals surface area contributed by atoms with Crippen molar-refractivity contribution in [3.63, 3.8) is 0 Å². The number of rotatable bonds is 2. The SMILES string of the molecule is Cn1cc2cc(C3=CC(C4CC5(COC5)C4)C(C#N)C(=S(=O)=O)N3)cnc2n1. The highest BCUT2D eigenvalue weighted by atomic mass is 32.2. The Morgan fingerprint density at radius 2 is 2.18 bits per heavy atom. The lowest BCUT2D eigenvalue weighted by Crippen LogP contribution is -2.55. The van der Waals surface area contributed by atoms with E-state index in [-0.39, 0.29) is 22.2 Å². The number of fused-ring (bicyclic) bond motifs is 1. The van der Waals surface area contributed by atoms with Gasteiger partial charge in [0.2, 0.25) is 10.3 Å². The van der Waals surface area contributed by atoms with Crippen molar-refractivity contribution < 1.29 is 13.2 Å². The van der Waals surface area contributed by atoms with Gasteiger partial charge in [-0.3, -0.25) is 4.68 Å². The molecule has 1 spiro atoms. The molecule has 1 aliphatic carbocycles. The summed E-state index contributed by atoms with van der Waals surface area (Å²) in [4.78, 5) is 4.42. The Balaban J connectivity index is 1.55. The van der Waals surface area contributed by atoms with Crippen LogP contribution in [-0.2, 0) is 22.1 Å². The van der Waals surface area contributed by atoms with Crippen LogP contribution in [0.3, 0.4) is 0 Å². The maximum absolute atomic E-state index is 11.9. The van der Waals surface area contributed by atoms with Crippen LogP contribution in [0.5, 0.6) is 0 Å². The Kier molecular flexibility index (Phi) is 3.82. The van der Waals surface area contributed by atoms with Crippen LogP contribution in [0.4, 0.5) is 0 Å². The van der Waals surface area contributed by atoms with Crippen LogP contribution in [0.2, 0.25) is 0 Å². The minimum Gasteiger partial charge on any atom is -0.380 e. The predicted octanol–water partition coefficient (Wildman–Crippen LogP) is 1.10. The second-order valence-electron chi connectivity index (χ2n) is 8.09. The minimum absolute atomic E-state index is 0.0436. The molecule has 8 nitrogen and oxygen atoms in total. The summed E-state index contributed by atoms with van der Waals surface area (Å²) in [5.41, 5.74) is 2.35. The van der Waals surface area contributed by atoms with E-state index in [0.29, 0.717) is 11.3 Å². The molecule has 1 saturated carbocycles. The Bertz CT molecular complexity index is 1170. The molecule has 0 aromatic carbocycles. The molecule has 144 valence electrons. The fourth-order valence-corrected chi connectivity index (χ4v) is 5.32. The van der Waals surface area contributed by atoms with Crippen molar-refractivity contribution in [3.8, 4) is 6.07 Å². The molecule has 2 aromatic heterocycles. The number of nitrogens with one attached hydrogen (secondary N) is 1. The third-order valence-electron chi connectivity index (χ3n) is 6.14. The van der Waals surface area contributed by atoms with Gasteiger partial charge in [-0.1, -0.05) is 6.08 Å². The van der Waals surface area contributed by atoms with Gasteiger partial charge < -0.3 is 10.1 Å². The van der Waals surface area contributed by atoms with Crippen LogP contribution in [-0.4, -0.2) is 41.4 Å². The maximum Gasteiger partial charge on any atom is 0.235 e. The van der Waals surface area contributed by atoms with Gasteiger partial charge in [0.05, 0.1) is 19.3 Å². The zero-order valence-electron chi connectivity index (χ0n) is 15.3. The number of ether oxygens (including phenoxy) is 1. The largest absolute Gasteiger partial charge is 0.380 e. The van der Waals surface area contributed by atoms with Crippen LogP contribution in [0.1, 0.15) is 18.4 Å². The van der Waals surface area contributed by atoms with Gasteiger partial charge in [0.25, 0.3) is 0 Å². The lowest BCUT2D eigenvalue weighted by molar-refractivity contribution is -0.185. The molecule has 3 aliphatic rings. The molecular weight excluding hydrogens is 378 g/mol. The molecule has 5 rings (SSSR count). The van der Waals surface area contributed by atoms with E-state index in [1.54, 1.807) is 10.9 Å². The second kappa shape index (κ2) is 6.15. The number of hydrogen-bond acceptors (Lipinski definition) is 6. The monoisotopic (exact) mass is 397 g/mol. The molecule has 2 unspecified atom stereocenters. The Labute approximate surface area is 163 Å². The van der Waals surface area contributed by atoms with Crippen molar-refractivity contribution in [1.82, 2.24) is 20.1 Å². The number of allylic oxidation sites excluding steroid dienone is 1. The van der Waals surface area contributed by atoms with Gasteiger partial charge in [0.1, 0.15) is 5.92 Å². The van der Waals surface area contributed by atoms with Crippen molar-refractivity contribution in [2.24, 2.45) is 30.2 Å². The fourth-order valence-electron chi connectivity index (χ4n) is 4.71. The first kappa shape index (κ1) is 17.4. The molecule has 2 aliphatic heterocycles. The number of nitrogens with zero attached hydrogens (tertiary/aromatic N) is 4.